The van der Waals surface area contributed by atoms with Crippen molar-refractivity contribution in [3.8, 4) is 0 Å². The van der Waals surface area contributed by atoms with E-state index in [4.69, 9.17) is 10.6 Å². The van der Waals surface area contributed by atoms with Gasteiger partial charge in [-0.25, -0.2) is 5.84 Å². The maximum atomic E-state index is 11.3. The van der Waals surface area contributed by atoms with Crippen LogP contribution in [0.25, 0.3) is 0 Å². The van der Waals surface area contributed by atoms with Crippen LogP contribution < -0.4 is 16.2 Å². The second-order valence-electron chi connectivity index (χ2n) is 6.04. The molecule has 1 aliphatic rings. The Bertz CT molecular complexity index is 658. The van der Waals surface area contributed by atoms with Gasteiger partial charge in [-0.2, -0.15) is 0 Å². The van der Waals surface area contributed by atoms with Crippen LogP contribution >= 0.6 is 0 Å². The standard InChI is InChI=1S/C19H23N3O2/c20-21-19(23)13-16-8-6-15(7-9-16)12-18-14-22(10-11-24-18)17-4-2-1-3-5-17/h1-9,18H,10-14,20H2,(H,21,23). The number of hydrogen-bond donors (Lipinski definition) is 2. The van der Waals surface area contributed by atoms with Crippen LogP contribution in [0.3, 0.4) is 0 Å². The Morgan fingerprint density at radius 2 is 1.83 bits per heavy atom. The number of amides is 1. The third-order valence-corrected chi connectivity index (χ3v) is 4.27. The van der Waals surface area contributed by atoms with Gasteiger partial charge in [0, 0.05) is 25.2 Å². The van der Waals surface area contributed by atoms with E-state index in [-0.39, 0.29) is 12.0 Å². The van der Waals surface area contributed by atoms with Gasteiger partial charge in [0.05, 0.1) is 19.1 Å². The number of nitrogens with zero attached hydrogens (tertiary/aromatic N) is 1. The molecule has 1 fully saturated rings. The van der Waals surface area contributed by atoms with Crippen LogP contribution in [-0.2, 0) is 22.4 Å². The lowest BCUT2D eigenvalue weighted by Gasteiger charge is -2.34. The lowest BCUT2D eigenvalue weighted by atomic mass is 10.0. The molecule has 1 saturated heterocycles. The number of nitrogens with one attached hydrogen (secondary N) is 1. The molecule has 1 atom stereocenters. The number of hydrazine groups is 1. The summed E-state index contributed by atoms with van der Waals surface area (Å²) in [4.78, 5) is 13.7. The monoisotopic (exact) mass is 325 g/mol. The summed E-state index contributed by atoms with van der Waals surface area (Å²) >= 11 is 0. The molecule has 126 valence electrons. The molecular weight excluding hydrogens is 302 g/mol. The molecule has 5 nitrogen and oxygen atoms in total. The average Bonchev–Trinajstić information content (AvgIpc) is 2.64. The van der Waals surface area contributed by atoms with E-state index in [2.05, 4.69) is 46.7 Å². The molecule has 2 aromatic rings. The molecule has 24 heavy (non-hydrogen) atoms. The zero-order chi connectivity index (χ0) is 16.8. The van der Waals surface area contributed by atoms with Gasteiger partial charge in [0.2, 0.25) is 5.91 Å². The number of ether oxygens (including phenoxy) is 1. The summed E-state index contributed by atoms with van der Waals surface area (Å²) in [6.07, 6.45) is 1.35. The number of benzene rings is 2. The van der Waals surface area contributed by atoms with Gasteiger partial charge >= 0.3 is 0 Å². The molecule has 0 aliphatic carbocycles. The topological polar surface area (TPSA) is 67.6 Å². The molecule has 0 spiro atoms. The molecule has 0 aromatic heterocycles. The first-order valence-corrected chi connectivity index (χ1v) is 8.23. The first kappa shape index (κ1) is 16.5. The van der Waals surface area contributed by atoms with Crippen molar-refractivity contribution in [3.05, 3.63) is 65.7 Å². The van der Waals surface area contributed by atoms with Crippen molar-refractivity contribution < 1.29 is 9.53 Å². The summed E-state index contributed by atoms with van der Waals surface area (Å²) in [6.45, 7) is 2.56. The van der Waals surface area contributed by atoms with E-state index in [9.17, 15) is 4.79 Å². The van der Waals surface area contributed by atoms with Crippen LogP contribution in [0, 0.1) is 0 Å². The van der Waals surface area contributed by atoms with Crippen molar-refractivity contribution in [1.29, 1.82) is 0 Å². The van der Waals surface area contributed by atoms with E-state index >= 15 is 0 Å². The number of carbonyl (C=O) groups is 1. The minimum absolute atomic E-state index is 0.178. The van der Waals surface area contributed by atoms with Crippen LogP contribution in [-0.4, -0.2) is 31.7 Å². The molecule has 1 amide bonds. The van der Waals surface area contributed by atoms with Crippen LogP contribution in [0.5, 0.6) is 0 Å². The first-order valence-electron chi connectivity index (χ1n) is 8.23. The third-order valence-electron chi connectivity index (χ3n) is 4.27. The fourth-order valence-corrected chi connectivity index (χ4v) is 3.01. The molecule has 3 rings (SSSR count). The van der Waals surface area contributed by atoms with Gasteiger partial charge in [-0.3, -0.25) is 10.2 Å². The number of rotatable bonds is 5. The minimum atomic E-state index is -0.183. The highest BCUT2D eigenvalue weighted by atomic mass is 16.5. The molecular formula is C19H23N3O2. The summed E-state index contributed by atoms with van der Waals surface area (Å²) < 4.78 is 5.92. The first-order chi connectivity index (χ1) is 11.7. The Kier molecular flexibility index (Phi) is 5.46. The van der Waals surface area contributed by atoms with Crippen LogP contribution in [0.1, 0.15) is 11.1 Å². The van der Waals surface area contributed by atoms with E-state index in [0.29, 0.717) is 6.42 Å². The number of anilines is 1. The average molecular weight is 325 g/mol. The van der Waals surface area contributed by atoms with E-state index < -0.39 is 0 Å². The summed E-state index contributed by atoms with van der Waals surface area (Å²) in [5, 5.41) is 0. The molecule has 1 unspecified atom stereocenters. The minimum Gasteiger partial charge on any atom is -0.374 e. The smallest absolute Gasteiger partial charge is 0.238 e. The second kappa shape index (κ2) is 7.95. The van der Waals surface area contributed by atoms with E-state index in [1.807, 2.05) is 18.2 Å². The molecule has 1 heterocycles. The SMILES string of the molecule is NNC(=O)Cc1ccc(CC2CN(c3ccccc3)CCO2)cc1. The largest absolute Gasteiger partial charge is 0.374 e. The molecule has 2 aromatic carbocycles. The van der Waals surface area contributed by atoms with Gasteiger partial charge < -0.3 is 9.64 Å². The predicted molar refractivity (Wildman–Crippen MR) is 94.6 cm³/mol. The van der Waals surface area contributed by atoms with Gasteiger partial charge in [0.15, 0.2) is 0 Å². The normalized spacial score (nSPS) is 17.5. The second-order valence-corrected chi connectivity index (χ2v) is 6.04. The molecule has 1 aliphatic heterocycles. The Hall–Kier alpha value is -2.37. The number of nitrogens with two attached hydrogens (primary N) is 1. The molecule has 3 N–H and O–H groups in total. The zero-order valence-corrected chi connectivity index (χ0v) is 13.7. The predicted octanol–water partition coefficient (Wildman–Crippen LogP) is 1.67. The fourth-order valence-electron chi connectivity index (χ4n) is 3.01. The van der Waals surface area contributed by atoms with E-state index in [1.165, 1.54) is 11.3 Å². The Morgan fingerprint density at radius 3 is 2.54 bits per heavy atom. The van der Waals surface area contributed by atoms with Gasteiger partial charge in [-0.05, 0) is 23.3 Å². The van der Waals surface area contributed by atoms with Gasteiger partial charge in [0.25, 0.3) is 0 Å². The Morgan fingerprint density at radius 1 is 1.12 bits per heavy atom. The maximum Gasteiger partial charge on any atom is 0.238 e. The van der Waals surface area contributed by atoms with Crippen LogP contribution in [0.4, 0.5) is 5.69 Å². The number of carbonyl (C=O) groups excluding carboxylic acids is 1. The lowest BCUT2D eigenvalue weighted by Crippen LogP contribution is -2.43. The number of hydrogen-bond acceptors (Lipinski definition) is 4. The summed E-state index contributed by atoms with van der Waals surface area (Å²) in [5.74, 6) is 4.93. The number of morpholine rings is 1. The maximum absolute atomic E-state index is 11.3. The van der Waals surface area contributed by atoms with Crippen LogP contribution in [0.2, 0.25) is 0 Å². The van der Waals surface area contributed by atoms with E-state index in [0.717, 1.165) is 31.7 Å². The Balaban J connectivity index is 1.58. The molecule has 0 saturated carbocycles. The number of para-hydroxylation sites is 1. The highest BCUT2D eigenvalue weighted by molar-refractivity contribution is 5.77. The van der Waals surface area contributed by atoms with Crippen molar-refractivity contribution in [2.45, 2.75) is 18.9 Å². The van der Waals surface area contributed by atoms with Crippen molar-refractivity contribution >= 4 is 11.6 Å². The summed E-state index contributed by atoms with van der Waals surface area (Å²) in [7, 11) is 0. The molecule has 0 radical (unpaired) electrons. The van der Waals surface area contributed by atoms with Crippen molar-refractivity contribution in [2.24, 2.45) is 5.84 Å². The third kappa shape index (κ3) is 4.34. The molecule has 0 bridgehead atoms. The highest BCUT2D eigenvalue weighted by Crippen LogP contribution is 2.19. The van der Waals surface area contributed by atoms with Gasteiger partial charge in [0.1, 0.15) is 0 Å². The van der Waals surface area contributed by atoms with Crippen LogP contribution in [0.15, 0.2) is 54.6 Å². The van der Waals surface area contributed by atoms with Crippen molar-refractivity contribution in [2.75, 3.05) is 24.6 Å². The van der Waals surface area contributed by atoms with Gasteiger partial charge in [-0.15, -0.1) is 0 Å². The van der Waals surface area contributed by atoms with Crippen molar-refractivity contribution in [1.82, 2.24) is 5.43 Å². The highest BCUT2D eigenvalue weighted by Gasteiger charge is 2.20. The van der Waals surface area contributed by atoms with E-state index in [1.54, 1.807) is 0 Å². The fraction of sp³-hybridized carbons (Fsp3) is 0.316. The lowest BCUT2D eigenvalue weighted by molar-refractivity contribution is -0.120. The summed E-state index contributed by atoms with van der Waals surface area (Å²) in [5.41, 5.74) is 5.56. The van der Waals surface area contributed by atoms with Gasteiger partial charge in [-0.1, -0.05) is 42.5 Å². The van der Waals surface area contributed by atoms with Crippen molar-refractivity contribution in [3.63, 3.8) is 0 Å². The zero-order valence-electron chi connectivity index (χ0n) is 13.7. The molecule has 5 heteroatoms. The summed E-state index contributed by atoms with van der Waals surface area (Å²) in [6, 6.07) is 18.5. The Labute approximate surface area is 142 Å². The quantitative estimate of drug-likeness (QED) is 0.498.